The second-order valence-corrected chi connectivity index (χ2v) is 2.03. The Hall–Kier alpha value is -1.63. The molecule has 0 aliphatic carbocycles. The van der Waals surface area contributed by atoms with Crippen LogP contribution in [0.15, 0.2) is 6.20 Å². The smallest absolute Gasteiger partial charge is 0.333 e. The fourth-order valence-corrected chi connectivity index (χ4v) is 0.664. The number of nitrogens with one attached hydrogen (secondary N) is 1. The van der Waals surface area contributed by atoms with Gasteiger partial charge in [-0.1, -0.05) is 0 Å². The van der Waals surface area contributed by atoms with E-state index in [-0.39, 0.29) is 0 Å². The summed E-state index contributed by atoms with van der Waals surface area (Å²) < 4.78 is 0. The number of rotatable bonds is 3. The zero-order valence-electron chi connectivity index (χ0n) is 6.52. The lowest BCUT2D eigenvalue weighted by Gasteiger charge is -1.94. The lowest BCUT2D eigenvalue weighted by Crippen LogP contribution is -2.27. The molecule has 1 heterocycles. The van der Waals surface area contributed by atoms with Crippen LogP contribution in [0.3, 0.4) is 0 Å². The molecule has 0 fully saturated rings. The van der Waals surface area contributed by atoms with E-state index in [4.69, 9.17) is 5.73 Å². The number of nitrogens with zero attached hydrogens (tertiary/aromatic N) is 3. The van der Waals surface area contributed by atoms with Crippen molar-refractivity contribution in [2.45, 2.75) is 6.54 Å². The van der Waals surface area contributed by atoms with Crippen molar-refractivity contribution in [1.29, 1.82) is 0 Å². The molecule has 0 aliphatic rings. The van der Waals surface area contributed by atoms with Crippen LogP contribution in [0.5, 0.6) is 0 Å². The molecule has 0 radical (unpaired) electrons. The molecule has 0 saturated carbocycles. The Labute approximate surface area is 68.4 Å². The second-order valence-electron chi connectivity index (χ2n) is 2.03. The number of carbonyl (C=O) groups is 1. The van der Waals surface area contributed by atoms with Crippen LogP contribution in [0.2, 0.25) is 0 Å². The minimum atomic E-state index is -0.943. The molecule has 1 rings (SSSR count). The summed E-state index contributed by atoms with van der Waals surface area (Å²) in [5, 5.41) is 10.2. The molecule has 12 heavy (non-hydrogen) atoms. The van der Waals surface area contributed by atoms with Crippen LogP contribution in [0.1, 0.15) is 5.69 Å². The number of nitrogens with two attached hydrogens (primary N) is 1. The van der Waals surface area contributed by atoms with Crippen molar-refractivity contribution in [2.75, 3.05) is 7.05 Å². The molecule has 0 spiro atoms. The molecule has 1 amide bonds. The molecular weight excluding hydrogens is 162 g/mol. The first-order chi connectivity index (χ1) is 5.72. The molecule has 1 aromatic rings. The third kappa shape index (κ3) is 2.20. The lowest BCUT2D eigenvalue weighted by atomic mass is 10.5. The van der Waals surface area contributed by atoms with Crippen LogP contribution < -0.4 is 15.9 Å². The van der Waals surface area contributed by atoms with Crippen molar-refractivity contribution in [3.05, 3.63) is 11.9 Å². The van der Waals surface area contributed by atoms with Crippen molar-refractivity contribution in [3.8, 4) is 0 Å². The third-order valence-electron chi connectivity index (χ3n) is 1.05. The average Bonchev–Trinajstić information content (AvgIpc) is 2.36. The second kappa shape index (κ2) is 3.67. The Morgan fingerprint density at radius 2 is 2.67 bits per heavy atom. The van der Waals surface area contributed by atoms with Gasteiger partial charge < -0.3 is 11.1 Å². The van der Waals surface area contributed by atoms with E-state index in [1.165, 1.54) is 6.20 Å². The number of aromatic nitrogens is 3. The van der Waals surface area contributed by atoms with Crippen LogP contribution in [0.4, 0.5) is 4.79 Å². The van der Waals surface area contributed by atoms with Gasteiger partial charge in [-0.05, 0) is 7.05 Å². The van der Waals surface area contributed by atoms with E-state index in [1.54, 1.807) is 7.05 Å². The Morgan fingerprint density at radius 3 is 3.25 bits per heavy atom. The van der Waals surface area contributed by atoms with Gasteiger partial charge in [0, 0.05) is 11.5 Å². The monoisotopic (exact) mass is 171 g/mol. The Kier molecular flexibility index (Phi) is 2.59. The largest absolute Gasteiger partial charge is 0.432 e. The molecule has 0 atom stereocenters. The zero-order chi connectivity index (χ0) is 8.97. The van der Waals surface area contributed by atoms with E-state index < -0.39 is 6.09 Å². The first kappa shape index (κ1) is 8.47. The van der Waals surface area contributed by atoms with Gasteiger partial charge in [0.1, 0.15) is 5.69 Å². The predicted molar refractivity (Wildman–Crippen MR) is 38.9 cm³/mol. The van der Waals surface area contributed by atoms with E-state index in [9.17, 15) is 4.79 Å². The van der Waals surface area contributed by atoms with Crippen LogP contribution >= 0.6 is 0 Å². The zero-order valence-corrected chi connectivity index (χ0v) is 6.52. The number of primary amides is 1. The van der Waals surface area contributed by atoms with Crippen LogP contribution in [0.25, 0.3) is 0 Å². The van der Waals surface area contributed by atoms with Gasteiger partial charge >= 0.3 is 6.09 Å². The summed E-state index contributed by atoms with van der Waals surface area (Å²) in [6, 6.07) is 0. The highest BCUT2D eigenvalue weighted by atomic mass is 16.7. The van der Waals surface area contributed by atoms with Crippen molar-refractivity contribution in [2.24, 2.45) is 5.73 Å². The molecule has 0 saturated heterocycles. The summed E-state index contributed by atoms with van der Waals surface area (Å²) >= 11 is 0. The number of amides is 1. The maximum Gasteiger partial charge on any atom is 0.432 e. The molecule has 0 bridgehead atoms. The first-order valence-corrected chi connectivity index (χ1v) is 3.26. The Morgan fingerprint density at radius 1 is 1.92 bits per heavy atom. The fraction of sp³-hybridized carbons (Fsp3) is 0.400. The Balaban J connectivity index is 2.58. The summed E-state index contributed by atoms with van der Waals surface area (Å²) in [6.45, 7) is 0.558. The minimum absolute atomic E-state index is 0.558. The fourth-order valence-electron chi connectivity index (χ4n) is 0.664. The van der Waals surface area contributed by atoms with E-state index in [0.717, 1.165) is 4.96 Å². The number of hydrogen-bond donors (Lipinski definition) is 2. The molecule has 1 aromatic heterocycles. The van der Waals surface area contributed by atoms with Crippen LogP contribution in [-0.2, 0) is 6.54 Å². The van der Waals surface area contributed by atoms with Gasteiger partial charge in [0.2, 0.25) is 0 Å². The highest BCUT2D eigenvalue weighted by molar-refractivity contribution is 5.64. The van der Waals surface area contributed by atoms with Gasteiger partial charge in [0.15, 0.2) is 0 Å². The highest BCUT2D eigenvalue weighted by Crippen LogP contribution is 1.87. The van der Waals surface area contributed by atoms with Gasteiger partial charge in [-0.25, -0.2) is 4.79 Å². The topological polar surface area (TPSA) is 95.1 Å². The van der Waals surface area contributed by atoms with Gasteiger partial charge in [0.25, 0.3) is 0 Å². The number of carbonyl (C=O) groups excluding carboxylic acids is 1. The van der Waals surface area contributed by atoms with Gasteiger partial charge in [-0.3, -0.25) is 4.84 Å². The van der Waals surface area contributed by atoms with Crippen molar-refractivity contribution < 1.29 is 9.63 Å². The Bertz CT molecular complexity index is 271. The highest BCUT2D eigenvalue weighted by Gasteiger charge is 2.01. The molecule has 3 N–H and O–H groups in total. The maximum atomic E-state index is 10.2. The van der Waals surface area contributed by atoms with Gasteiger partial charge in [0.05, 0.1) is 6.20 Å². The number of hydrogen-bond acceptors (Lipinski definition) is 5. The SMILES string of the molecule is CNCc1cnn(OC(N)=O)n1. The molecule has 7 heteroatoms. The van der Waals surface area contributed by atoms with Crippen molar-refractivity contribution in [1.82, 2.24) is 20.5 Å². The molecule has 0 aliphatic heterocycles. The normalized spacial score (nSPS) is 9.75. The average molecular weight is 171 g/mol. The van der Waals surface area contributed by atoms with Gasteiger partial charge in [-0.15, -0.1) is 10.2 Å². The van der Waals surface area contributed by atoms with Crippen molar-refractivity contribution >= 4 is 6.09 Å². The summed E-state index contributed by atoms with van der Waals surface area (Å²) in [5.74, 6) is 0. The molecule has 66 valence electrons. The minimum Gasteiger partial charge on any atom is -0.333 e. The van der Waals surface area contributed by atoms with Gasteiger partial charge in [-0.2, -0.15) is 0 Å². The van der Waals surface area contributed by atoms with E-state index in [1.807, 2.05) is 0 Å². The van der Waals surface area contributed by atoms with E-state index >= 15 is 0 Å². The summed E-state index contributed by atoms with van der Waals surface area (Å²) in [5.41, 5.74) is 5.40. The van der Waals surface area contributed by atoms with E-state index in [2.05, 4.69) is 20.4 Å². The quantitative estimate of drug-likeness (QED) is 0.577. The molecule has 7 nitrogen and oxygen atoms in total. The molecule has 0 unspecified atom stereocenters. The predicted octanol–water partition coefficient (Wildman–Crippen LogP) is -1.50. The summed E-state index contributed by atoms with van der Waals surface area (Å²) in [6.07, 6.45) is 0.529. The maximum absolute atomic E-state index is 10.2. The van der Waals surface area contributed by atoms with Crippen LogP contribution in [0, 0.1) is 0 Å². The summed E-state index contributed by atoms with van der Waals surface area (Å²) in [4.78, 5) is 15.3. The third-order valence-corrected chi connectivity index (χ3v) is 1.05. The lowest BCUT2D eigenvalue weighted by molar-refractivity contribution is 0.103. The first-order valence-electron chi connectivity index (χ1n) is 3.26. The van der Waals surface area contributed by atoms with E-state index in [0.29, 0.717) is 12.2 Å². The standard InChI is InChI=1S/C5H9N5O2/c1-7-2-4-3-8-10(9-4)12-5(6)11/h3,7H,2H2,1H3,(H2,6,11). The molecular formula is C5H9N5O2. The van der Waals surface area contributed by atoms with Crippen LogP contribution in [-0.4, -0.2) is 28.3 Å². The molecule has 0 aromatic carbocycles. The van der Waals surface area contributed by atoms with Crippen molar-refractivity contribution in [3.63, 3.8) is 0 Å². The summed E-state index contributed by atoms with van der Waals surface area (Å²) in [7, 11) is 1.77.